The molecule has 2 fully saturated rings. The zero-order chi connectivity index (χ0) is 31.3. The molecule has 0 aromatic carbocycles. The molecule has 9 atom stereocenters. The van der Waals surface area contributed by atoms with Gasteiger partial charge in [0.15, 0.2) is 40.9 Å². The summed E-state index contributed by atoms with van der Waals surface area (Å²) in [7, 11) is 0.459. The Morgan fingerprint density at radius 3 is 1.93 bits per heavy atom. The lowest BCUT2D eigenvalue weighted by Crippen LogP contribution is -2.36. The molecular weight excluding hydrogens is 623 g/mol. The van der Waals surface area contributed by atoms with Crippen LogP contribution in [0.5, 0.6) is 0 Å². The predicted octanol–water partition coefficient (Wildman–Crippen LogP) is -0.780. The Kier molecular flexibility index (Phi) is 8.42. The molecule has 0 amide bonds. The van der Waals surface area contributed by atoms with Gasteiger partial charge in [-0.2, -0.15) is 14.5 Å². The van der Waals surface area contributed by atoms with Gasteiger partial charge in [-0.1, -0.05) is 4.57 Å². The molecule has 0 spiro atoms. The Labute approximate surface area is 253 Å². The number of aromatic amines is 2. The number of rotatable bonds is 10. The third kappa shape index (κ3) is 5.26. The largest absolute Gasteiger partial charge is 0.408 e. The van der Waals surface area contributed by atoms with Crippen LogP contribution < -0.4 is 22.6 Å². The van der Waals surface area contributed by atoms with Crippen LogP contribution in [-0.4, -0.2) is 95.5 Å². The molecule has 236 valence electrons. The van der Waals surface area contributed by atoms with Crippen molar-refractivity contribution >= 4 is 53.7 Å². The summed E-state index contributed by atoms with van der Waals surface area (Å²) in [6, 6.07) is 0. The average Bonchev–Trinajstić information content (AvgIpc) is 3.74. The highest BCUT2D eigenvalue weighted by atomic mass is 32.7. The van der Waals surface area contributed by atoms with Gasteiger partial charge in [0.2, 0.25) is 11.9 Å². The molecule has 9 unspecified atom stereocenters. The van der Waals surface area contributed by atoms with E-state index >= 15 is 0 Å². The fourth-order valence-corrected chi connectivity index (χ4v) is 6.83. The first-order chi connectivity index (χ1) is 21.1. The number of nitrogen functional groups attached to an aromatic ring is 2. The number of aliphatic hydroxyl groups excluding tert-OH is 1. The lowest BCUT2D eigenvalue weighted by Gasteiger charge is -2.25. The molecule has 21 heteroatoms. The van der Waals surface area contributed by atoms with Crippen molar-refractivity contribution in [1.29, 1.82) is 0 Å². The Balaban J connectivity index is 1.28. The van der Waals surface area contributed by atoms with E-state index in [-0.39, 0.29) is 46.7 Å². The number of nitrogens with one attached hydrogen (secondary N) is 2. The third-order valence-corrected chi connectivity index (χ3v) is 8.62. The Bertz CT molecular complexity index is 1810. The lowest BCUT2D eigenvalue weighted by atomic mass is 9.90. The summed E-state index contributed by atoms with van der Waals surface area (Å²) < 4.78 is 44.9. The number of hydrogen-bond acceptors (Lipinski definition) is 16. The number of imidazole rings is 2. The maximum absolute atomic E-state index is 12.4. The SMILES string of the molecule is COC1C(CCC2OC(n3cnc4c(=O)[nH]c(N)nc43)C(OC)C2O[P+](=O)[S-])C(CO)OC1n1cnc2c(=O)[nH]c(N)nc21. The summed E-state index contributed by atoms with van der Waals surface area (Å²) in [4.78, 5) is 46.2. The molecule has 4 aromatic rings. The number of ether oxygens (including phenoxy) is 4. The van der Waals surface area contributed by atoms with E-state index in [1.54, 1.807) is 4.57 Å². The molecule has 6 rings (SSSR count). The van der Waals surface area contributed by atoms with Crippen LogP contribution in [0, 0.1) is 5.92 Å². The normalized spacial score (nSPS) is 29.2. The summed E-state index contributed by atoms with van der Waals surface area (Å²) in [6.07, 6.45) is -1.97. The predicted molar refractivity (Wildman–Crippen MR) is 154 cm³/mol. The number of aliphatic hydroxyl groups is 1. The second-order valence-electron chi connectivity index (χ2n) is 10.3. The fourth-order valence-electron chi connectivity index (χ4n) is 6.08. The minimum absolute atomic E-state index is 0.0426. The number of methoxy groups -OCH3 is 2. The molecule has 2 aliphatic heterocycles. The van der Waals surface area contributed by atoms with E-state index in [4.69, 9.17) is 47.2 Å². The Morgan fingerprint density at radius 1 is 0.909 bits per heavy atom. The van der Waals surface area contributed by atoms with E-state index in [1.165, 1.54) is 31.4 Å². The first-order valence-electron chi connectivity index (χ1n) is 13.4. The quantitative estimate of drug-likeness (QED) is 0.104. The van der Waals surface area contributed by atoms with Crippen molar-refractivity contribution in [3.05, 3.63) is 33.4 Å². The van der Waals surface area contributed by atoms with Gasteiger partial charge in [0.1, 0.15) is 12.2 Å². The maximum atomic E-state index is 12.4. The topological polar surface area (TPSA) is 263 Å². The molecule has 0 bridgehead atoms. The van der Waals surface area contributed by atoms with E-state index in [2.05, 4.69) is 29.9 Å². The van der Waals surface area contributed by atoms with Gasteiger partial charge in [0.25, 0.3) is 11.1 Å². The van der Waals surface area contributed by atoms with Crippen LogP contribution in [0.2, 0.25) is 0 Å². The summed E-state index contributed by atoms with van der Waals surface area (Å²) >= 11 is 4.86. The Hall–Kier alpha value is -3.49. The van der Waals surface area contributed by atoms with Crippen LogP contribution in [0.3, 0.4) is 0 Å². The van der Waals surface area contributed by atoms with Crippen molar-refractivity contribution in [1.82, 2.24) is 39.0 Å². The Morgan fingerprint density at radius 2 is 1.43 bits per heavy atom. The third-order valence-electron chi connectivity index (χ3n) is 7.95. The van der Waals surface area contributed by atoms with Crippen molar-refractivity contribution in [3.63, 3.8) is 0 Å². The molecule has 6 heterocycles. The number of nitrogens with two attached hydrogens (primary N) is 2. The summed E-state index contributed by atoms with van der Waals surface area (Å²) in [6.45, 7) is -0.334. The van der Waals surface area contributed by atoms with Gasteiger partial charge in [0.05, 0.1) is 31.5 Å². The van der Waals surface area contributed by atoms with E-state index in [9.17, 15) is 19.3 Å². The highest BCUT2D eigenvalue weighted by molar-refractivity contribution is 8.25. The molecule has 0 aliphatic carbocycles. The summed E-state index contributed by atoms with van der Waals surface area (Å²) in [5, 5.41) is 10.2. The van der Waals surface area contributed by atoms with Gasteiger partial charge in [-0.3, -0.25) is 28.7 Å². The fraction of sp³-hybridized carbons (Fsp3) is 0.565. The average molecular weight is 653 g/mol. The maximum Gasteiger partial charge on any atom is 0.372 e. The zero-order valence-electron chi connectivity index (χ0n) is 23.3. The van der Waals surface area contributed by atoms with Crippen LogP contribution >= 0.6 is 7.23 Å². The smallest absolute Gasteiger partial charge is 0.372 e. The highest BCUT2D eigenvalue weighted by Gasteiger charge is 2.52. The van der Waals surface area contributed by atoms with E-state index in [1.807, 2.05) is 0 Å². The van der Waals surface area contributed by atoms with Gasteiger partial charge >= 0.3 is 7.23 Å². The molecule has 4 aromatic heterocycles. The molecule has 19 nitrogen and oxygen atoms in total. The standard InChI is InChI=1S/C23H29N10O9PS/c1-38-13-8(10(5-34)41-20(13)32-6-26-11-16(32)28-22(24)30-18(11)35)3-4-9-14(42-43(37)44)15(39-2)21(40-9)33-7-27-12-17(33)29-23(25)31-19(12)36/h6-10,13-15,20-21,34H,3-5H2,1-2H3,(H3,24,28,30,35)(H3,25,29,31,36). The lowest BCUT2D eigenvalue weighted by molar-refractivity contribution is -0.0583. The molecular formula is C23H29N10O9PS. The van der Waals surface area contributed by atoms with Crippen LogP contribution in [0.15, 0.2) is 22.2 Å². The van der Waals surface area contributed by atoms with Gasteiger partial charge in [-0.05, 0) is 12.8 Å². The zero-order valence-corrected chi connectivity index (χ0v) is 25.0. The minimum atomic E-state index is -2.48. The number of nitrogens with zero attached hydrogens (tertiary/aromatic N) is 6. The minimum Gasteiger partial charge on any atom is -0.408 e. The van der Waals surface area contributed by atoms with Gasteiger partial charge in [-0.25, -0.2) is 9.97 Å². The van der Waals surface area contributed by atoms with Crippen LogP contribution in [0.25, 0.3) is 22.3 Å². The number of hydrogen-bond donors (Lipinski definition) is 5. The number of H-pyrrole nitrogens is 2. The van der Waals surface area contributed by atoms with E-state index in [0.29, 0.717) is 12.8 Å². The molecule has 7 N–H and O–H groups in total. The molecule has 44 heavy (non-hydrogen) atoms. The van der Waals surface area contributed by atoms with E-state index in [0.717, 1.165) is 0 Å². The van der Waals surface area contributed by atoms with Gasteiger partial charge in [-0.15, -0.1) is 0 Å². The monoisotopic (exact) mass is 652 g/mol. The first-order valence-corrected chi connectivity index (χ1v) is 15.6. The van der Waals surface area contributed by atoms with Crippen molar-refractivity contribution in [2.75, 3.05) is 32.3 Å². The van der Waals surface area contributed by atoms with Crippen molar-refractivity contribution in [3.8, 4) is 0 Å². The highest BCUT2D eigenvalue weighted by Crippen LogP contribution is 2.44. The van der Waals surface area contributed by atoms with E-state index < -0.39 is 61.3 Å². The molecule has 0 radical (unpaired) electrons. The van der Waals surface area contributed by atoms with Crippen molar-refractivity contribution in [2.24, 2.45) is 5.92 Å². The number of fused-ring (bicyclic) bond motifs is 2. The van der Waals surface area contributed by atoms with Crippen LogP contribution in [0.1, 0.15) is 25.3 Å². The molecule has 2 saturated heterocycles. The molecule has 0 saturated carbocycles. The first kappa shape index (κ1) is 30.5. The van der Waals surface area contributed by atoms with Crippen LogP contribution in [-0.2, 0) is 40.3 Å². The number of anilines is 2. The van der Waals surface area contributed by atoms with Gasteiger partial charge < -0.3 is 47.8 Å². The van der Waals surface area contributed by atoms with Crippen LogP contribution in [0.4, 0.5) is 11.9 Å². The van der Waals surface area contributed by atoms with Crippen molar-refractivity contribution < 1.29 is 33.1 Å². The summed E-state index contributed by atoms with van der Waals surface area (Å²) in [5.41, 5.74) is 11.0. The second-order valence-corrected chi connectivity index (χ2v) is 11.9. The molecule has 2 aliphatic rings. The van der Waals surface area contributed by atoms with Gasteiger partial charge in [0, 0.05) is 20.1 Å². The van der Waals surface area contributed by atoms with Crippen molar-refractivity contribution in [2.45, 2.75) is 55.8 Å². The summed E-state index contributed by atoms with van der Waals surface area (Å²) in [5.74, 6) is -0.590. The number of aromatic nitrogens is 8. The second kappa shape index (κ2) is 12.1.